The number of ether oxygens (including phenoxy) is 1. The van der Waals surface area contributed by atoms with Crippen molar-refractivity contribution >= 4 is 10.9 Å². The Morgan fingerprint density at radius 3 is 2.67 bits per heavy atom. The highest BCUT2D eigenvalue weighted by atomic mass is 16.5. The van der Waals surface area contributed by atoms with E-state index in [9.17, 15) is 0 Å². The molecule has 1 aromatic carbocycles. The van der Waals surface area contributed by atoms with Gasteiger partial charge in [0.05, 0.1) is 6.10 Å². The van der Waals surface area contributed by atoms with Crippen LogP contribution in [0.15, 0.2) is 18.2 Å². The highest BCUT2D eigenvalue weighted by Crippen LogP contribution is 2.30. The molecule has 3 nitrogen and oxygen atoms in total. The summed E-state index contributed by atoms with van der Waals surface area (Å²) in [5, 5.41) is 1.24. The van der Waals surface area contributed by atoms with Gasteiger partial charge in [0.25, 0.3) is 0 Å². The molecule has 1 aromatic heterocycles. The van der Waals surface area contributed by atoms with Crippen molar-refractivity contribution in [3.8, 4) is 5.75 Å². The molecular weight excluding hydrogens is 260 g/mol. The predicted molar refractivity (Wildman–Crippen MR) is 89.9 cm³/mol. The van der Waals surface area contributed by atoms with Crippen LogP contribution in [0.3, 0.4) is 0 Å². The standard InChI is InChI=1S/C18H28N2O/c1-5-7-10-20-14(4)17(12-19)16-11-15(8-9-18(16)20)21-13(3)6-2/h8-9,11,13H,5-7,10,12,19H2,1-4H3. The van der Waals surface area contributed by atoms with Crippen LogP contribution in [-0.4, -0.2) is 10.7 Å². The van der Waals surface area contributed by atoms with E-state index < -0.39 is 0 Å². The second kappa shape index (κ2) is 6.99. The molecule has 116 valence electrons. The fraction of sp³-hybridized carbons (Fsp3) is 0.556. The molecule has 0 spiro atoms. The molecule has 0 saturated heterocycles. The van der Waals surface area contributed by atoms with Crippen molar-refractivity contribution in [2.45, 2.75) is 66.2 Å². The molecule has 0 saturated carbocycles. The number of hydrogen-bond donors (Lipinski definition) is 1. The van der Waals surface area contributed by atoms with E-state index in [1.54, 1.807) is 0 Å². The number of nitrogens with zero attached hydrogens (tertiary/aromatic N) is 1. The highest BCUT2D eigenvalue weighted by Gasteiger charge is 2.14. The monoisotopic (exact) mass is 288 g/mol. The zero-order chi connectivity index (χ0) is 15.4. The van der Waals surface area contributed by atoms with Crippen LogP contribution in [0.4, 0.5) is 0 Å². The van der Waals surface area contributed by atoms with Crippen LogP contribution in [0.25, 0.3) is 10.9 Å². The molecule has 2 rings (SSSR count). The Hall–Kier alpha value is -1.48. The fourth-order valence-corrected chi connectivity index (χ4v) is 2.78. The molecule has 0 fully saturated rings. The number of aryl methyl sites for hydroxylation is 1. The van der Waals surface area contributed by atoms with E-state index >= 15 is 0 Å². The fourth-order valence-electron chi connectivity index (χ4n) is 2.78. The number of fused-ring (bicyclic) bond motifs is 1. The molecule has 2 aromatic rings. The third-order valence-electron chi connectivity index (χ3n) is 4.28. The first-order valence-electron chi connectivity index (χ1n) is 8.10. The van der Waals surface area contributed by atoms with Gasteiger partial charge in [0.2, 0.25) is 0 Å². The van der Waals surface area contributed by atoms with Gasteiger partial charge in [-0.25, -0.2) is 0 Å². The Bertz CT molecular complexity index is 601. The normalized spacial score (nSPS) is 12.8. The summed E-state index contributed by atoms with van der Waals surface area (Å²) in [6.45, 7) is 10.3. The third-order valence-corrected chi connectivity index (χ3v) is 4.28. The number of aromatic nitrogens is 1. The first kappa shape index (κ1) is 15.9. The summed E-state index contributed by atoms with van der Waals surface area (Å²) in [7, 11) is 0. The summed E-state index contributed by atoms with van der Waals surface area (Å²) in [5.41, 5.74) is 9.80. The average molecular weight is 288 g/mol. The van der Waals surface area contributed by atoms with Crippen molar-refractivity contribution in [3.63, 3.8) is 0 Å². The maximum Gasteiger partial charge on any atom is 0.120 e. The minimum absolute atomic E-state index is 0.243. The maximum atomic E-state index is 5.98. The number of unbranched alkanes of at least 4 members (excludes halogenated alkanes) is 1. The predicted octanol–water partition coefficient (Wildman–Crippen LogP) is 4.39. The summed E-state index contributed by atoms with van der Waals surface area (Å²) in [5.74, 6) is 0.944. The summed E-state index contributed by atoms with van der Waals surface area (Å²) in [4.78, 5) is 0. The number of nitrogens with two attached hydrogens (primary N) is 1. The van der Waals surface area contributed by atoms with Crippen molar-refractivity contribution in [2.75, 3.05) is 0 Å². The van der Waals surface area contributed by atoms with Gasteiger partial charge in [-0.3, -0.25) is 0 Å². The van der Waals surface area contributed by atoms with Gasteiger partial charge in [0, 0.05) is 29.7 Å². The quantitative estimate of drug-likeness (QED) is 0.821. The van der Waals surface area contributed by atoms with Crippen LogP contribution in [0.2, 0.25) is 0 Å². The van der Waals surface area contributed by atoms with Crippen LogP contribution in [0.1, 0.15) is 51.3 Å². The van der Waals surface area contributed by atoms with Gasteiger partial charge in [-0.15, -0.1) is 0 Å². The molecule has 21 heavy (non-hydrogen) atoms. The molecule has 1 heterocycles. The van der Waals surface area contributed by atoms with Gasteiger partial charge >= 0.3 is 0 Å². The molecule has 0 aliphatic heterocycles. The SMILES string of the molecule is CCCCn1c(C)c(CN)c2cc(OC(C)CC)ccc21. The van der Waals surface area contributed by atoms with E-state index in [-0.39, 0.29) is 6.10 Å². The Balaban J connectivity index is 2.45. The Labute approximate surface area is 128 Å². The van der Waals surface area contributed by atoms with E-state index in [0.29, 0.717) is 6.54 Å². The molecular formula is C18H28N2O. The van der Waals surface area contributed by atoms with E-state index in [1.165, 1.54) is 35.0 Å². The molecule has 2 N–H and O–H groups in total. The van der Waals surface area contributed by atoms with Crippen molar-refractivity contribution in [3.05, 3.63) is 29.5 Å². The number of hydrogen-bond acceptors (Lipinski definition) is 2. The zero-order valence-electron chi connectivity index (χ0n) is 13.8. The lowest BCUT2D eigenvalue weighted by atomic mass is 10.1. The molecule has 0 aliphatic rings. The van der Waals surface area contributed by atoms with Crippen molar-refractivity contribution in [2.24, 2.45) is 5.73 Å². The molecule has 3 heteroatoms. The van der Waals surface area contributed by atoms with Gasteiger partial charge in [-0.2, -0.15) is 0 Å². The molecule has 0 amide bonds. The zero-order valence-corrected chi connectivity index (χ0v) is 13.8. The van der Waals surface area contributed by atoms with Crippen molar-refractivity contribution < 1.29 is 4.74 Å². The number of rotatable bonds is 7. The molecule has 0 bridgehead atoms. The first-order valence-corrected chi connectivity index (χ1v) is 8.10. The van der Waals surface area contributed by atoms with Crippen LogP contribution < -0.4 is 10.5 Å². The minimum Gasteiger partial charge on any atom is -0.491 e. The van der Waals surface area contributed by atoms with Gasteiger partial charge < -0.3 is 15.0 Å². The van der Waals surface area contributed by atoms with E-state index in [1.807, 2.05) is 0 Å². The molecule has 1 unspecified atom stereocenters. The third kappa shape index (κ3) is 3.24. The van der Waals surface area contributed by atoms with Gasteiger partial charge in [-0.05, 0) is 50.5 Å². The minimum atomic E-state index is 0.243. The van der Waals surface area contributed by atoms with E-state index in [2.05, 4.69) is 50.5 Å². The van der Waals surface area contributed by atoms with E-state index in [0.717, 1.165) is 18.7 Å². The van der Waals surface area contributed by atoms with Crippen LogP contribution in [-0.2, 0) is 13.1 Å². The van der Waals surface area contributed by atoms with E-state index in [4.69, 9.17) is 10.5 Å². The number of benzene rings is 1. The second-order valence-corrected chi connectivity index (χ2v) is 5.79. The maximum absolute atomic E-state index is 5.98. The smallest absolute Gasteiger partial charge is 0.120 e. The molecule has 0 aliphatic carbocycles. The lowest BCUT2D eigenvalue weighted by Gasteiger charge is -2.13. The lowest BCUT2D eigenvalue weighted by Crippen LogP contribution is -2.09. The summed E-state index contributed by atoms with van der Waals surface area (Å²) in [6, 6.07) is 6.41. The Kier molecular flexibility index (Phi) is 5.29. The topological polar surface area (TPSA) is 40.2 Å². The summed E-state index contributed by atoms with van der Waals surface area (Å²) >= 11 is 0. The van der Waals surface area contributed by atoms with Crippen molar-refractivity contribution in [1.82, 2.24) is 4.57 Å². The highest BCUT2D eigenvalue weighted by molar-refractivity contribution is 5.87. The van der Waals surface area contributed by atoms with Crippen LogP contribution in [0, 0.1) is 6.92 Å². The first-order chi connectivity index (χ1) is 10.1. The summed E-state index contributed by atoms with van der Waals surface area (Å²) < 4.78 is 8.35. The summed E-state index contributed by atoms with van der Waals surface area (Å²) in [6.07, 6.45) is 3.65. The second-order valence-electron chi connectivity index (χ2n) is 5.79. The van der Waals surface area contributed by atoms with Crippen molar-refractivity contribution in [1.29, 1.82) is 0 Å². The molecule has 0 radical (unpaired) electrons. The van der Waals surface area contributed by atoms with Crippen LogP contribution >= 0.6 is 0 Å². The van der Waals surface area contributed by atoms with Gasteiger partial charge in [-0.1, -0.05) is 20.3 Å². The Morgan fingerprint density at radius 1 is 1.29 bits per heavy atom. The Morgan fingerprint density at radius 2 is 2.05 bits per heavy atom. The van der Waals surface area contributed by atoms with Gasteiger partial charge in [0.15, 0.2) is 0 Å². The van der Waals surface area contributed by atoms with Crippen LogP contribution in [0.5, 0.6) is 5.75 Å². The average Bonchev–Trinajstić information content (AvgIpc) is 2.75. The lowest BCUT2D eigenvalue weighted by molar-refractivity contribution is 0.217. The largest absolute Gasteiger partial charge is 0.491 e. The van der Waals surface area contributed by atoms with Gasteiger partial charge in [0.1, 0.15) is 5.75 Å². The molecule has 1 atom stereocenters.